The van der Waals surface area contributed by atoms with Gasteiger partial charge in [0.25, 0.3) is 0 Å². The zero-order valence-electron chi connectivity index (χ0n) is 14.0. The average Bonchev–Trinajstić information content (AvgIpc) is 3.41. The Morgan fingerprint density at radius 2 is 1.62 bits per heavy atom. The highest BCUT2D eigenvalue weighted by molar-refractivity contribution is 9.10. The minimum Gasteiger partial charge on any atom is -0.426 e. The number of esters is 1. The number of hydrogen-bond donors (Lipinski definition) is 0. The largest absolute Gasteiger partial charge is 0.426 e. The molecule has 26 heavy (non-hydrogen) atoms. The second-order valence-electron chi connectivity index (χ2n) is 7.66. The Kier molecular flexibility index (Phi) is 3.61. The standard InChI is InChI=1S/C20H18BrNO4/c21-10-1-3-11(4-2-10)26-16(23)7-8-22-19(24)17-12-5-6-13(15-9-14(12)15)18(17)20(22)25/h1-6,12-15,17-18H,7-9H2/t12-,13+,14+,15-,17-,18+. The van der Waals surface area contributed by atoms with Crippen molar-refractivity contribution in [1.82, 2.24) is 4.90 Å². The maximum Gasteiger partial charge on any atom is 0.312 e. The van der Waals surface area contributed by atoms with Crippen LogP contribution in [0.3, 0.4) is 0 Å². The van der Waals surface area contributed by atoms with E-state index in [2.05, 4.69) is 28.1 Å². The van der Waals surface area contributed by atoms with Crippen LogP contribution >= 0.6 is 15.9 Å². The van der Waals surface area contributed by atoms with E-state index in [1.165, 1.54) is 4.90 Å². The molecule has 1 aliphatic heterocycles. The Balaban J connectivity index is 1.24. The molecule has 0 radical (unpaired) electrons. The molecule has 0 aromatic heterocycles. The molecule has 6 atom stereocenters. The first-order valence-corrected chi connectivity index (χ1v) is 9.83. The molecule has 5 aliphatic rings. The number of rotatable bonds is 4. The van der Waals surface area contributed by atoms with E-state index in [9.17, 15) is 14.4 Å². The molecule has 4 aliphatic carbocycles. The zero-order valence-corrected chi connectivity index (χ0v) is 15.6. The molecule has 1 saturated heterocycles. The summed E-state index contributed by atoms with van der Waals surface area (Å²) in [6.45, 7) is 0.106. The van der Waals surface area contributed by atoms with Crippen molar-refractivity contribution in [3.8, 4) is 5.75 Å². The fraction of sp³-hybridized carbons (Fsp3) is 0.450. The zero-order chi connectivity index (χ0) is 18.0. The number of imide groups is 1. The van der Waals surface area contributed by atoms with Crippen LogP contribution in [0.4, 0.5) is 0 Å². The summed E-state index contributed by atoms with van der Waals surface area (Å²) in [6, 6.07) is 6.96. The Labute approximate surface area is 159 Å². The number of ether oxygens (including phenoxy) is 1. The number of hydrogen-bond acceptors (Lipinski definition) is 4. The average molecular weight is 416 g/mol. The van der Waals surface area contributed by atoms with Crippen molar-refractivity contribution >= 4 is 33.7 Å². The summed E-state index contributed by atoms with van der Waals surface area (Å²) in [5.41, 5.74) is 0. The van der Waals surface area contributed by atoms with Crippen LogP contribution < -0.4 is 4.74 Å². The summed E-state index contributed by atoms with van der Waals surface area (Å²) in [6.07, 6.45) is 5.46. The lowest BCUT2D eigenvalue weighted by atomic mass is 9.63. The van der Waals surface area contributed by atoms with Crippen LogP contribution in [0, 0.1) is 35.5 Å². The molecule has 2 bridgehead atoms. The molecule has 1 aromatic rings. The number of nitrogens with zero attached hydrogens (tertiary/aromatic N) is 1. The SMILES string of the molecule is O=C(CCN1C(=O)[C@@H]2[C@@H]3C=C[C@@H]([C@H]4C[C@@H]34)[C@@H]2C1=O)Oc1ccc(Br)cc1. The highest BCUT2D eigenvalue weighted by atomic mass is 79.9. The van der Waals surface area contributed by atoms with Gasteiger partial charge < -0.3 is 4.74 Å². The van der Waals surface area contributed by atoms with Gasteiger partial charge in [0.05, 0.1) is 18.3 Å². The number of carbonyl (C=O) groups is 3. The van der Waals surface area contributed by atoms with E-state index in [1.807, 2.05) is 0 Å². The highest BCUT2D eigenvalue weighted by Gasteiger charge is 2.66. The van der Waals surface area contributed by atoms with Gasteiger partial charge in [0.15, 0.2) is 0 Å². The van der Waals surface area contributed by atoms with Crippen molar-refractivity contribution in [2.45, 2.75) is 12.8 Å². The maximum atomic E-state index is 12.8. The van der Waals surface area contributed by atoms with E-state index in [1.54, 1.807) is 24.3 Å². The molecule has 6 heteroatoms. The molecule has 0 spiro atoms. The number of carbonyl (C=O) groups excluding carboxylic acids is 3. The fourth-order valence-electron chi connectivity index (χ4n) is 5.13. The van der Waals surface area contributed by atoms with Gasteiger partial charge in [0, 0.05) is 11.0 Å². The van der Waals surface area contributed by atoms with E-state index in [4.69, 9.17) is 4.74 Å². The second kappa shape index (κ2) is 5.78. The lowest BCUT2D eigenvalue weighted by Gasteiger charge is -2.37. The molecule has 0 unspecified atom stereocenters. The van der Waals surface area contributed by atoms with Gasteiger partial charge >= 0.3 is 5.97 Å². The van der Waals surface area contributed by atoms with Gasteiger partial charge in [-0.1, -0.05) is 28.1 Å². The van der Waals surface area contributed by atoms with Gasteiger partial charge in [-0.05, 0) is 54.4 Å². The van der Waals surface area contributed by atoms with Gasteiger partial charge in [-0.15, -0.1) is 0 Å². The molecule has 1 aromatic carbocycles. The topological polar surface area (TPSA) is 63.7 Å². The molecule has 3 fully saturated rings. The van der Waals surface area contributed by atoms with Crippen molar-refractivity contribution in [2.75, 3.05) is 6.54 Å². The Hall–Kier alpha value is -1.95. The van der Waals surface area contributed by atoms with Gasteiger partial charge in [0.1, 0.15) is 5.75 Å². The van der Waals surface area contributed by atoms with E-state index >= 15 is 0 Å². The molecular formula is C20H18BrNO4. The number of likely N-dealkylation sites (tertiary alicyclic amines) is 1. The summed E-state index contributed by atoms with van der Waals surface area (Å²) < 4.78 is 6.17. The molecule has 2 saturated carbocycles. The normalized spacial score (nSPS) is 36.1. The van der Waals surface area contributed by atoms with Gasteiger partial charge in [0.2, 0.25) is 11.8 Å². The van der Waals surface area contributed by atoms with Crippen molar-refractivity contribution < 1.29 is 19.1 Å². The highest BCUT2D eigenvalue weighted by Crippen LogP contribution is 2.65. The Bertz CT molecular complexity index is 797. The molecule has 5 nitrogen and oxygen atoms in total. The minimum atomic E-state index is -0.438. The van der Waals surface area contributed by atoms with Crippen LogP contribution in [0.2, 0.25) is 0 Å². The third kappa shape index (κ3) is 2.38. The lowest BCUT2D eigenvalue weighted by molar-refractivity contribution is -0.141. The first kappa shape index (κ1) is 16.2. The smallest absolute Gasteiger partial charge is 0.312 e. The molecular weight excluding hydrogens is 398 g/mol. The third-order valence-electron chi connectivity index (χ3n) is 6.34. The van der Waals surface area contributed by atoms with Crippen LogP contribution in [-0.2, 0) is 14.4 Å². The number of amides is 2. The van der Waals surface area contributed by atoms with Crippen molar-refractivity contribution in [3.05, 3.63) is 40.9 Å². The van der Waals surface area contributed by atoms with Gasteiger partial charge in [-0.2, -0.15) is 0 Å². The maximum absolute atomic E-state index is 12.8. The van der Waals surface area contributed by atoms with E-state index in [0.717, 1.165) is 10.9 Å². The fourth-order valence-corrected chi connectivity index (χ4v) is 5.39. The molecule has 0 N–H and O–H groups in total. The number of allylic oxidation sites excluding steroid dienone is 2. The summed E-state index contributed by atoms with van der Waals surface area (Å²) in [4.78, 5) is 39.0. The first-order valence-electron chi connectivity index (χ1n) is 9.04. The molecule has 1 heterocycles. The van der Waals surface area contributed by atoms with Crippen LogP contribution in [0.15, 0.2) is 40.9 Å². The monoisotopic (exact) mass is 415 g/mol. The predicted octanol–water partition coefficient (Wildman–Crippen LogP) is 2.80. The quantitative estimate of drug-likeness (QED) is 0.328. The number of halogens is 1. The van der Waals surface area contributed by atoms with E-state index in [0.29, 0.717) is 17.6 Å². The van der Waals surface area contributed by atoms with Crippen molar-refractivity contribution in [3.63, 3.8) is 0 Å². The van der Waals surface area contributed by atoms with Crippen molar-refractivity contribution in [1.29, 1.82) is 0 Å². The third-order valence-corrected chi connectivity index (χ3v) is 6.87. The molecule has 6 rings (SSSR count). The molecule has 2 amide bonds. The number of benzene rings is 1. The minimum absolute atomic E-state index is 0.0165. The van der Waals surface area contributed by atoms with Gasteiger partial charge in [-0.3, -0.25) is 19.3 Å². The second-order valence-corrected chi connectivity index (χ2v) is 8.58. The van der Waals surface area contributed by atoms with Crippen LogP contribution in [0.1, 0.15) is 12.8 Å². The lowest BCUT2D eigenvalue weighted by Crippen LogP contribution is -2.40. The van der Waals surface area contributed by atoms with Crippen LogP contribution in [0.5, 0.6) is 5.75 Å². The Morgan fingerprint density at radius 3 is 2.19 bits per heavy atom. The van der Waals surface area contributed by atoms with E-state index < -0.39 is 5.97 Å². The van der Waals surface area contributed by atoms with Crippen molar-refractivity contribution in [2.24, 2.45) is 35.5 Å². The summed E-state index contributed by atoms with van der Waals surface area (Å²) >= 11 is 3.32. The van der Waals surface area contributed by atoms with Crippen LogP contribution in [-0.4, -0.2) is 29.2 Å². The summed E-state index contributed by atoms with van der Waals surface area (Å²) in [5.74, 6) is 1.02. The summed E-state index contributed by atoms with van der Waals surface area (Å²) in [7, 11) is 0. The van der Waals surface area contributed by atoms with Gasteiger partial charge in [-0.25, -0.2) is 0 Å². The van der Waals surface area contributed by atoms with Crippen LogP contribution in [0.25, 0.3) is 0 Å². The van der Waals surface area contributed by atoms with E-state index in [-0.39, 0.29) is 48.5 Å². The molecule has 134 valence electrons. The summed E-state index contributed by atoms with van der Waals surface area (Å²) in [5, 5.41) is 0. The Morgan fingerprint density at radius 1 is 1.04 bits per heavy atom. The first-order chi connectivity index (χ1) is 12.5. The predicted molar refractivity (Wildman–Crippen MR) is 95.8 cm³/mol.